The molecule has 31 nitrogen and oxygen atoms in total. The topological polar surface area (TPSA) is 389 Å². The van der Waals surface area contributed by atoms with Crippen molar-refractivity contribution in [2.75, 3.05) is 39.6 Å². The zero-order valence-electron chi connectivity index (χ0n) is 61.3. The number of aliphatic hydroxyl groups is 3. The highest BCUT2D eigenvalue weighted by atomic mass is 31.2. The van der Waals surface area contributed by atoms with Crippen molar-refractivity contribution in [2.45, 2.75) is 230 Å². The molecule has 12 atom stereocenters. The van der Waals surface area contributed by atoms with Crippen molar-refractivity contribution in [3.8, 4) is 0 Å². The molecule has 6 aromatic rings. The normalized spacial score (nSPS) is 21.7. The molecule has 3 aliphatic rings. The summed E-state index contributed by atoms with van der Waals surface area (Å²) in [4.78, 5) is 79.0. The van der Waals surface area contributed by atoms with E-state index in [9.17, 15) is 57.3 Å². The Morgan fingerprint density at radius 1 is 0.430 bits per heavy atom. The van der Waals surface area contributed by atoms with Crippen molar-refractivity contribution in [3.05, 3.63) is 205 Å². The molecule has 0 amide bonds. The average Bonchev–Trinajstić information content (AvgIpc) is 1.57. The van der Waals surface area contributed by atoms with Gasteiger partial charge in [-0.2, -0.15) is 43.5 Å². The number of nitrogens with zero attached hydrogens (tertiary/aromatic N) is 3. The van der Waals surface area contributed by atoms with Crippen LogP contribution in [-0.4, -0.2) is 138 Å². The molecule has 3 aromatic carbocycles. The summed E-state index contributed by atoms with van der Waals surface area (Å²) in [5.41, 5.74) is 5.79. The Morgan fingerprint density at radius 2 is 0.654 bits per heavy atom. The molecule has 9 N–H and O–H groups in total. The van der Waals surface area contributed by atoms with Gasteiger partial charge in [0.2, 0.25) is 34.8 Å². The van der Waals surface area contributed by atoms with E-state index in [1.54, 1.807) is 93.6 Å². The maximum atomic E-state index is 16.0. The summed E-state index contributed by atoms with van der Waals surface area (Å²) < 4.78 is 139. The van der Waals surface area contributed by atoms with Crippen LogP contribution in [0.5, 0.6) is 0 Å². The first-order chi connectivity index (χ1) is 51.2. The lowest BCUT2D eigenvalue weighted by Gasteiger charge is -2.41. The molecule has 3 aliphatic heterocycles. The first kappa shape index (κ1) is 84.0. The van der Waals surface area contributed by atoms with Crippen LogP contribution in [-0.2, 0) is 97.7 Å². The highest BCUT2D eigenvalue weighted by Gasteiger charge is 2.49. The van der Waals surface area contributed by atoms with Crippen LogP contribution in [0.1, 0.15) is 172 Å². The predicted octanol–water partition coefficient (Wildman–Crippen LogP) is 6.58. The third-order valence-electron chi connectivity index (χ3n) is 18.6. The van der Waals surface area contributed by atoms with Gasteiger partial charge in [0.15, 0.2) is 0 Å². The Bertz CT molecular complexity index is 3830. The number of benzene rings is 3. The Kier molecular flexibility index (Phi) is 29.9. The molecule has 3 saturated heterocycles. The van der Waals surface area contributed by atoms with Gasteiger partial charge in [-0.05, 0) is 76.0 Å². The van der Waals surface area contributed by atoms with Crippen molar-refractivity contribution in [1.29, 1.82) is 0 Å². The number of aromatic nitrogens is 6. The summed E-state index contributed by atoms with van der Waals surface area (Å²) in [5, 5.41) is 33.4. The standard InChI is InChI=1S/C72H99F3N9O22P/c1-10-28-95-70(96-29-11-2,49-22-16-46(17-23-49)34-58-55(85)37-61(101-58)82-40-52(73)64(88)76-67(82)91)43(7)79-104-107(94,105-80-44(8)71(97-30-12-3,98-31-13-4)50-24-18-47(19-25-50)35-59-56(86)38-62(102-59)83-41-53(74)65(89)77-68(83)92)106-81-45(9)72(99-32-14-5,100-33-15-6)51-26-20-48(21-27-51)36-60-57(87)39-63(103-60)84-42-54(75)66(90)78-69(84)93/h16-27,40-45,55-63,79-81,85-87H,10-15,28-39H2,1-9H3,(H,76,88,91)(H,77,89,92)(H,78,90,93)/t43-,44-,45-,55-,56-,57-,58+,59+,60+,61+,62+,63+/m0/s1. The molecule has 590 valence electrons. The second-order valence-electron chi connectivity index (χ2n) is 26.8. The second-order valence-corrected chi connectivity index (χ2v) is 28.2. The van der Waals surface area contributed by atoms with Gasteiger partial charge in [-0.15, -0.1) is 0 Å². The fourth-order valence-electron chi connectivity index (χ4n) is 12.9. The highest BCUT2D eigenvalue weighted by molar-refractivity contribution is 7.48. The number of rotatable bonds is 42. The first-order valence-corrected chi connectivity index (χ1v) is 37.7. The summed E-state index contributed by atoms with van der Waals surface area (Å²) in [6.45, 7) is 17.3. The molecule has 0 unspecified atom stereocenters. The second kappa shape index (κ2) is 38.1. The summed E-state index contributed by atoms with van der Waals surface area (Å²) in [7, 11) is -5.18. The number of aliphatic hydroxyl groups excluding tert-OH is 3. The van der Waals surface area contributed by atoms with Crippen LogP contribution >= 0.6 is 7.82 Å². The van der Waals surface area contributed by atoms with Gasteiger partial charge in [0.05, 0.1) is 113 Å². The summed E-state index contributed by atoms with van der Waals surface area (Å²) in [6.07, 6.45) is -3.50. The maximum absolute atomic E-state index is 16.0. The van der Waals surface area contributed by atoms with Crippen molar-refractivity contribution in [2.24, 2.45) is 0 Å². The van der Waals surface area contributed by atoms with Gasteiger partial charge in [-0.1, -0.05) is 114 Å². The number of phosphoric acid groups is 1. The Morgan fingerprint density at radius 3 is 0.869 bits per heavy atom. The number of aromatic amines is 3. The molecule has 107 heavy (non-hydrogen) atoms. The van der Waals surface area contributed by atoms with E-state index in [0.29, 0.717) is 71.9 Å². The van der Waals surface area contributed by atoms with E-state index in [1.807, 2.05) is 56.5 Å². The van der Waals surface area contributed by atoms with Gasteiger partial charge in [0, 0.05) is 55.2 Å². The minimum Gasteiger partial charge on any atom is -0.390 e. The van der Waals surface area contributed by atoms with Crippen molar-refractivity contribution >= 4 is 7.82 Å². The molecule has 0 bridgehead atoms. The smallest absolute Gasteiger partial charge is 0.390 e. The number of hydrogen-bond donors (Lipinski definition) is 9. The summed E-state index contributed by atoms with van der Waals surface area (Å²) in [6, 6.07) is 17.7. The zero-order valence-corrected chi connectivity index (χ0v) is 62.2. The van der Waals surface area contributed by atoms with E-state index in [0.717, 1.165) is 32.3 Å². The minimum atomic E-state index is -5.18. The maximum Gasteiger partial charge on any atom is 0.524 e. The van der Waals surface area contributed by atoms with Gasteiger partial charge in [0.1, 0.15) is 18.7 Å². The SMILES string of the molecule is CCCOC(OCCC)(c1ccc(C[C@H]2O[C@@H](n3cc(F)c(=O)[nH]c3=O)C[C@@H]2O)cc1)[C@H](C)NOP(=O)(ON[C@@H](C)C(OCCC)(OCCC)c1ccc(C[C@H]2O[C@@H](n3cc(F)c(=O)[nH]c3=O)C[C@@H]2O)cc1)ON[C@@H](C)C(OCCC)(OCCC)c1ccc(C[C@H]2O[C@@H](n3cc(F)c(=O)[nH]c3=O)C[C@@H]2O)cc1. The van der Waals surface area contributed by atoms with E-state index < -0.39 is 150 Å². The van der Waals surface area contributed by atoms with Gasteiger partial charge < -0.3 is 58.0 Å². The molecule has 3 aromatic heterocycles. The molecule has 3 fully saturated rings. The van der Waals surface area contributed by atoms with E-state index in [-0.39, 0.29) is 78.2 Å². The first-order valence-electron chi connectivity index (χ1n) is 36.3. The Balaban J connectivity index is 1.01. The number of ether oxygens (including phenoxy) is 9. The van der Waals surface area contributed by atoms with Crippen LogP contribution < -0.4 is 50.2 Å². The molecule has 0 radical (unpaired) electrons. The molecule has 35 heteroatoms. The molecular formula is C72H99F3N9O22P. The van der Waals surface area contributed by atoms with Gasteiger partial charge in [0.25, 0.3) is 16.7 Å². The molecule has 0 spiro atoms. The van der Waals surface area contributed by atoms with Crippen LogP contribution in [0.15, 0.2) is 120 Å². The number of hydroxylamine groups is 3. The lowest BCUT2D eigenvalue weighted by molar-refractivity contribution is -0.277. The minimum absolute atomic E-state index is 0.0698. The van der Waals surface area contributed by atoms with Crippen LogP contribution in [0, 0.1) is 17.5 Å². The highest BCUT2D eigenvalue weighted by Crippen LogP contribution is 2.49. The molecule has 0 saturated carbocycles. The lowest BCUT2D eigenvalue weighted by Crippen LogP contribution is -2.53. The third kappa shape index (κ3) is 20.2. The monoisotopic (exact) mass is 1530 g/mol. The molecule has 6 heterocycles. The fraction of sp³-hybridized carbons (Fsp3) is 0.583. The molecule has 9 rings (SSSR count). The number of hydrogen-bond acceptors (Lipinski definition) is 25. The Hall–Kier alpha value is -7.00. The van der Waals surface area contributed by atoms with E-state index in [4.69, 9.17) is 56.5 Å². The van der Waals surface area contributed by atoms with Crippen LogP contribution in [0.3, 0.4) is 0 Å². The number of H-pyrrole nitrogens is 3. The van der Waals surface area contributed by atoms with Crippen molar-refractivity contribution < 1.29 is 89.6 Å². The Labute approximate surface area is 614 Å². The number of halogens is 3. The van der Waals surface area contributed by atoms with E-state index >= 15 is 4.57 Å². The third-order valence-corrected chi connectivity index (χ3v) is 19.5. The van der Waals surface area contributed by atoms with Crippen LogP contribution in [0.2, 0.25) is 0 Å². The summed E-state index contributed by atoms with van der Waals surface area (Å²) >= 11 is 0. The van der Waals surface area contributed by atoms with Crippen molar-refractivity contribution in [1.82, 2.24) is 45.1 Å². The molecular weight excluding hydrogens is 1430 g/mol. The average molecular weight is 1530 g/mol. The lowest BCUT2D eigenvalue weighted by atomic mass is 9.95. The van der Waals surface area contributed by atoms with E-state index in [2.05, 4.69) is 16.4 Å². The number of nitrogens with one attached hydrogen (secondary N) is 6. The van der Waals surface area contributed by atoms with Crippen molar-refractivity contribution in [3.63, 3.8) is 0 Å². The van der Waals surface area contributed by atoms with Gasteiger partial charge in [-0.3, -0.25) is 43.0 Å². The van der Waals surface area contributed by atoms with Crippen LogP contribution in [0.4, 0.5) is 13.2 Å². The molecule has 0 aliphatic carbocycles. The zero-order chi connectivity index (χ0) is 77.4. The predicted molar refractivity (Wildman–Crippen MR) is 379 cm³/mol. The summed E-state index contributed by atoms with van der Waals surface area (Å²) in [5.74, 6) is -8.73. The van der Waals surface area contributed by atoms with Gasteiger partial charge in [-0.25, -0.2) is 18.9 Å². The quantitative estimate of drug-likeness (QED) is 0.0111. The van der Waals surface area contributed by atoms with E-state index in [1.165, 1.54) is 0 Å². The fourth-order valence-corrected chi connectivity index (χ4v) is 13.9. The van der Waals surface area contributed by atoms with Crippen LogP contribution in [0.25, 0.3) is 0 Å². The van der Waals surface area contributed by atoms with Gasteiger partial charge >= 0.3 is 24.9 Å². The largest absolute Gasteiger partial charge is 0.524 e.